The molecule has 1 fully saturated rings. The van der Waals surface area contributed by atoms with Crippen LogP contribution in [0.15, 0.2) is 18.2 Å². The molecule has 0 atom stereocenters. The third-order valence-corrected chi connectivity index (χ3v) is 2.92. The first-order chi connectivity index (χ1) is 9.29. The Morgan fingerprint density at radius 2 is 2.32 bits per heavy atom. The molecule has 5 nitrogen and oxygen atoms in total. The topological polar surface area (TPSA) is 63.2 Å². The Balaban J connectivity index is 1.70. The van der Waals surface area contributed by atoms with Gasteiger partial charge in [0.15, 0.2) is 0 Å². The van der Waals surface area contributed by atoms with E-state index in [1.807, 2.05) is 19.1 Å². The summed E-state index contributed by atoms with van der Waals surface area (Å²) in [5.41, 5.74) is 0.431. The van der Waals surface area contributed by atoms with Crippen molar-refractivity contribution in [3.63, 3.8) is 0 Å². The average Bonchev–Trinajstić information content (AvgIpc) is 3.23. The number of aromatic nitrogens is 1. The van der Waals surface area contributed by atoms with Gasteiger partial charge in [-0.2, -0.15) is 0 Å². The number of rotatable bonds is 8. The number of hydrogen-bond donors (Lipinski definition) is 2. The molecule has 0 aromatic carbocycles. The number of hydrogen-bond acceptors (Lipinski definition) is 4. The summed E-state index contributed by atoms with van der Waals surface area (Å²) in [5.74, 6) is 1.32. The number of pyridine rings is 1. The van der Waals surface area contributed by atoms with Crippen LogP contribution in [0.1, 0.15) is 30.3 Å². The number of ether oxygens (including phenoxy) is 1. The van der Waals surface area contributed by atoms with Crippen molar-refractivity contribution in [3.8, 4) is 0 Å². The van der Waals surface area contributed by atoms with Crippen molar-refractivity contribution >= 4 is 11.7 Å². The molecule has 1 heterocycles. The van der Waals surface area contributed by atoms with Crippen LogP contribution in [0.2, 0.25) is 0 Å². The molecule has 1 aliphatic rings. The second-order valence-electron chi connectivity index (χ2n) is 4.71. The Bertz CT molecular complexity index is 419. The van der Waals surface area contributed by atoms with Gasteiger partial charge in [0, 0.05) is 19.7 Å². The first kappa shape index (κ1) is 13.8. The molecule has 1 amide bonds. The monoisotopic (exact) mass is 263 g/mol. The predicted octanol–water partition coefficient (Wildman–Crippen LogP) is 1.67. The van der Waals surface area contributed by atoms with Crippen molar-refractivity contribution in [3.05, 3.63) is 23.9 Å². The van der Waals surface area contributed by atoms with Crippen LogP contribution in [0.4, 0.5) is 5.82 Å². The van der Waals surface area contributed by atoms with Gasteiger partial charge >= 0.3 is 0 Å². The van der Waals surface area contributed by atoms with Crippen LogP contribution >= 0.6 is 0 Å². The summed E-state index contributed by atoms with van der Waals surface area (Å²) in [6.07, 6.45) is 2.57. The van der Waals surface area contributed by atoms with Crippen molar-refractivity contribution in [2.45, 2.75) is 19.8 Å². The van der Waals surface area contributed by atoms with E-state index in [1.54, 1.807) is 6.07 Å². The summed E-state index contributed by atoms with van der Waals surface area (Å²) in [6.45, 7) is 4.69. The lowest BCUT2D eigenvalue weighted by Crippen LogP contribution is -2.28. The van der Waals surface area contributed by atoms with Crippen molar-refractivity contribution < 1.29 is 9.53 Å². The molecule has 104 valence electrons. The van der Waals surface area contributed by atoms with Gasteiger partial charge in [-0.1, -0.05) is 6.07 Å². The molecule has 0 radical (unpaired) electrons. The van der Waals surface area contributed by atoms with E-state index in [0.29, 0.717) is 18.8 Å². The Morgan fingerprint density at radius 1 is 1.47 bits per heavy atom. The largest absolute Gasteiger partial charge is 0.379 e. The van der Waals surface area contributed by atoms with Crippen LogP contribution in [-0.4, -0.2) is 37.2 Å². The first-order valence-corrected chi connectivity index (χ1v) is 6.86. The van der Waals surface area contributed by atoms with E-state index in [1.165, 1.54) is 12.8 Å². The Hall–Kier alpha value is -1.62. The van der Waals surface area contributed by atoms with Crippen LogP contribution in [0.25, 0.3) is 0 Å². The summed E-state index contributed by atoms with van der Waals surface area (Å²) < 4.78 is 5.46. The molecule has 0 saturated heterocycles. The number of carbonyl (C=O) groups excluding carboxylic acids is 1. The summed E-state index contributed by atoms with van der Waals surface area (Å²) >= 11 is 0. The number of anilines is 1. The highest BCUT2D eigenvalue weighted by atomic mass is 16.5. The predicted molar refractivity (Wildman–Crippen MR) is 74.3 cm³/mol. The number of carbonyl (C=O) groups is 1. The molecule has 0 aliphatic heterocycles. The molecule has 1 aromatic rings. The highest BCUT2D eigenvalue weighted by molar-refractivity contribution is 5.92. The SMILES string of the molecule is CCNc1cccc(C(=O)NCCOCC2CC2)n1. The summed E-state index contributed by atoms with van der Waals surface area (Å²) in [4.78, 5) is 16.1. The van der Waals surface area contributed by atoms with E-state index in [2.05, 4.69) is 15.6 Å². The second kappa shape index (κ2) is 7.09. The van der Waals surface area contributed by atoms with Crippen molar-refractivity contribution in [2.24, 2.45) is 5.92 Å². The molecule has 2 N–H and O–H groups in total. The minimum atomic E-state index is -0.158. The maximum Gasteiger partial charge on any atom is 0.270 e. The maximum absolute atomic E-state index is 11.9. The summed E-state index contributed by atoms with van der Waals surface area (Å²) in [7, 11) is 0. The van der Waals surface area contributed by atoms with Crippen molar-refractivity contribution in [2.75, 3.05) is 31.6 Å². The van der Waals surface area contributed by atoms with E-state index in [-0.39, 0.29) is 5.91 Å². The Morgan fingerprint density at radius 3 is 3.05 bits per heavy atom. The van der Waals surface area contributed by atoms with Gasteiger partial charge in [-0.15, -0.1) is 0 Å². The van der Waals surface area contributed by atoms with Gasteiger partial charge in [-0.25, -0.2) is 4.98 Å². The molecule has 1 aromatic heterocycles. The minimum absolute atomic E-state index is 0.158. The molecule has 1 saturated carbocycles. The maximum atomic E-state index is 11.9. The third-order valence-electron chi connectivity index (χ3n) is 2.92. The smallest absolute Gasteiger partial charge is 0.270 e. The van der Waals surface area contributed by atoms with E-state index < -0.39 is 0 Å². The summed E-state index contributed by atoms with van der Waals surface area (Å²) in [5, 5.41) is 5.89. The van der Waals surface area contributed by atoms with Gasteiger partial charge in [0.25, 0.3) is 5.91 Å². The highest BCUT2D eigenvalue weighted by Gasteiger charge is 2.20. The molecular weight excluding hydrogens is 242 g/mol. The fourth-order valence-electron chi connectivity index (χ4n) is 1.70. The van der Waals surface area contributed by atoms with Crippen molar-refractivity contribution in [1.82, 2.24) is 10.3 Å². The zero-order valence-corrected chi connectivity index (χ0v) is 11.3. The number of nitrogens with one attached hydrogen (secondary N) is 2. The fraction of sp³-hybridized carbons (Fsp3) is 0.571. The molecule has 2 rings (SSSR count). The van der Waals surface area contributed by atoms with Gasteiger partial charge in [-0.3, -0.25) is 4.79 Å². The van der Waals surface area contributed by atoms with Crippen LogP contribution in [0.3, 0.4) is 0 Å². The molecule has 0 spiro atoms. The second-order valence-corrected chi connectivity index (χ2v) is 4.71. The lowest BCUT2D eigenvalue weighted by Gasteiger charge is -2.07. The Labute approximate surface area is 113 Å². The normalized spacial score (nSPS) is 14.2. The fourth-order valence-corrected chi connectivity index (χ4v) is 1.70. The first-order valence-electron chi connectivity index (χ1n) is 6.86. The van der Waals surface area contributed by atoms with E-state index in [4.69, 9.17) is 4.74 Å². The Kier molecular flexibility index (Phi) is 5.15. The molecule has 5 heteroatoms. The van der Waals surface area contributed by atoms with Gasteiger partial charge in [0.05, 0.1) is 6.61 Å². The quantitative estimate of drug-likeness (QED) is 0.700. The highest BCUT2D eigenvalue weighted by Crippen LogP contribution is 2.28. The molecule has 0 bridgehead atoms. The average molecular weight is 263 g/mol. The van der Waals surface area contributed by atoms with Gasteiger partial charge < -0.3 is 15.4 Å². The van der Waals surface area contributed by atoms with Crippen LogP contribution in [0, 0.1) is 5.92 Å². The standard InChI is InChI=1S/C14H21N3O2/c1-2-15-13-5-3-4-12(17-13)14(18)16-8-9-19-10-11-6-7-11/h3-5,11H,2,6-10H2,1H3,(H,15,17)(H,16,18). The van der Waals surface area contributed by atoms with Gasteiger partial charge in [0.2, 0.25) is 0 Å². The third kappa shape index (κ3) is 4.87. The zero-order valence-electron chi connectivity index (χ0n) is 11.3. The van der Waals surface area contributed by atoms with Gasteiger partial charge in [0.1, 0.15) is 11.5 Å². The minimum Gasteiger partial charge on any atom is -0.379 e. The molecule has 19 heavy (non-hydrogen) atoms. The summed E-state index contributed by atoms with van der Waals surface area (Å²) in [6, 6.07) is 5.38. The van der Waals surface area contributed by atoms with E-state index in [9.17, 15) is 4.79 Å². The van der Waals surface area contributed by atoms with Crippen LogP contribution < -0.4 is 10.6 Å². The molecule has 1 aliphatic carbocycles. The number of nitrogens with zero attached hydrogens (tertiary/aromatic N) is 1. The molecular formula is C14H21N3O2. The lowest BCUT2D eigenvalue weighted by molar-refractivity contribution is 0.0902. The van der Waals surface area contributed by atoms with E-state index >= 15 is 0 Å². The van der Waals surface area contributed by atoms with Gasteiger partial charge in [-0.05, 0) is 37.8 Å². The van der Waals surface area contributed by atoms with Crippen LogP contribution in [-0.2, 0) is 4.74 Å². The van der Waals surface area contributed by atoms with E-state index in [0.717, 1.165) is 24.9 Å². The number of amides is 1. The lowest BCUT2D eigenvalue weighted by atomic mass is 10.3. The van der Waals surface area contributed by atoms with Crippen LogP contribution in [0.5, 0.6) is 0 Å². The zero-order chi connectivity index (χ0) is 13.5. The van der Waals surface area contributed by atoms with Crippen molar-refractivity contribution in [1.29, 1.82) is 0 Å². The molecule has 0 unspecified atom stereocenters.